The number of methoxy groups -OCH3 is 1. The van der Waals surface area contributed by atoms with Gasteiger partial charge in [0.1, 0.15) is 10.3 Å². The largest absolute Gasteiger partial charge is 0.378 e. The van der Waals surface area contributed by atoms with Gasteiger partial charge in [-0.1, -0.05) is 11.6 Å². The Balaban J connectivity index is 2.59. The highest BCUT2D eigenvalue weighted by atomic mass is 79.9. The molecule has 0 aliphatic carbocycles. The molecule has 0 saturated heterocycles. The predicted molar refractivity (Wildman–Crippen MR) is 78.5 cm³/mol. The number of halogens is 2. The smallest absolute Gasteiger partial charge is 0.265 e. The first-order valence-electron chi connectivity index (χ1n) is 5.57. The van der Waals surface area contributed by atoms with E-state index >= 15 is 0 Å². The number of hydrogen-bond donors (Lipinski definition) is 1. The van der Waals surface area contributed by atoms with Crippen molar-refractivity contribution in [2.24, 2.45) is 0 Å². The molecule has 0 aliphatic heterocycles. The van der Waals surface area contributed by atoms with Gasteiger partial charge in [0, 0.05) is 17.7 Å². The summed E-state index contributed by atoms with van der Waals surface area (Å²) in [6.07, 6.45) is 0. The zero-order valence-electron chi connectivity index (χ0n) is 10.5. The molecule has 0 unspecified atom stereocenters. The molecule has 100 valence electrons. The third-order valence-electron chi connectivity index (χ3n) is 2.66. The Labute approximate surface area is 123 Å². The standard InChI is InChI=1S/C13H12BrClN2O2/c1-7-5-8(15)3-4-9(7)12-16-10(6-19-2)11(14)13(18)17-12/h3-5H,6H2,1-2H3,(H,16,17,18). The van der Waals surface area contributed by atoms with E-state index in [9.17, 15) is 4.79 Å². The number of H-pyrrole nitrogens is 1. The third kappa shape index (κ3) is 3.05. The highest BCUT2D eigenvalue weighted by molar-refractivity contribution is 9.10. The maximum atomic E-state index is 11.9. The average molecular weight is 344 g/mol. The van der Waals surface area contributed by atoms with Gasteiger partial charge in [-0.2, -0.15) is 0 Å². The van der Waals surface area contributed by atoms with Gasteiger partial charge in [-0.05, 0) is 46.6 Å². The van der Waals surface area contributed by atoms with E-state index in [2.05, 4.69) is 25.9 Å². The summed E-state index contributed by atoms with van der Waals surface area (Å²) in [6.45, 7) is 2.18. The summed E-state index contributed by atoms with van der Waals surface area (Å²) < 4.78 is 5.43. The SMILES string of the molecule is COCc1nc(-c2ccc(Cl)cc2C)[nH]c(=O)c1Br. The second-order valence-electron chi connectivity index (χ2n) is 4.07. The molecule has 2 rings (SSSR count). The zero-order valence-corrected chi connectivity index (χ0v) is 12.8. The molecule has 0 bridgehead atoms. The molecule has 0 amide bonds. The summed E-state index contributed by atoms with van der Waals surface area (Å²) in [5.41, 5.74) is 2.12. The van der Waals surface area contributed by atoms with Gasteiger partial charge in [0.25, 0.3) is 5.56 Å². The van der Waals surface area contributed by atoms with Crippen molar-refractivity contribution in [2.75, 3.05) is 7.11 Å². The summed E-state index contributed by atoms with van der Waals surface area (Å²) in [5, 5.41) is 0.651. The molecular formula is C13H12BrClN2O2. The average Bonchev–Trinajstić information content (AvgIpc) is 2.35. The summed E-state index contributed by atoms with van der Waals surface area (Å²) in [7, 11) is 1.56. The molecule has 0 saturated carbocycles. The molecule has 0 fully saturated rings. The van der Waals surface area contributed by atoms with E-state index in [0.29, 0.717) is 21.0 Å². The van der Waals surface area contributed by atoms with Gasteiger partial charge < -0.3 is 9.72 Å². The normalized spacial score (nSPS) is 10.7. The van der Waals surface area contributed by atoms with E-state index in [0.717, 1.165) is 11.1 Å². The number of nitrogens with one attached hydrogen (secondary N) is 1. The first kappa shape index (κ1) is 14.2. The monoisotopic (exact) mass is 342 g/mol. The molecule has 1 aromatic heterocycles. The number of rotatable bonds is 3. The lowest BCUT2D eigenvalue weighted by Gasteiger charge is -2.08. The van der Waals surface area contributed by atoms with Crippen LogP contribution in [0.15, 0.2) is 27.5 Å². The Morgan fingerprint density at radius 3 is 2.84 bits per heavy atom. The number of aromatic amines is 1. The van der Waals surface area contributed by atoms with Crippen LogP contribution in [0.2, 0.25) is 5.02 Å². The molecule has 4 nitrogen and oxygen atoms in total. The highest BCUT2D eigenvalue weighted by Gasteiger charge is 2.11. The quantitative estimate of drug-likeness (QED) is 0.930. The molecular weight excluding hydrogens is 332 g/mol. The van der Waals surface area contributed by atoms with Crippen LogP contribution in [0.25, 0.3) is 11.4 Å². The van der Waals surface area contributed by atoms with Crippen molar-refractivity contribution in [1.29, 1.82) is 0 Å². The van der Waals surface area contributed by atoms with Gasteiger partial charge in [0.15, 0.2) is 0 Å². The molecule has 1 aromatic carbocycles. The molecule has 1 N–H and O–H groups in total. The number of nitrogens with zero attached hydrogens (tertiary/aromatic N) is 1. The number of aromatic nitrogens is 2. The van der Waals surface area contributed by atoms with Crippen molar-refractivity contribution in [3.63, 3.8) is 0 Å². The fraction of sp³-hybridized carbons (Fsp3) is 0.231. The van der Waals surface area contributed by atoms with Crippen molar-refractivity contribution in [2.45, 2.75) is 13.5 Å². The van der Waals surface area contributed by atoms with Gasteiger partial charge in [-0.15, -0.1) is 0 Å². The van der Waals surface area contributed by atoms with E-state index in [1.807, 2.05) is 19.1 Å². The predicted octanol–water partition coefficient (Wildman–Crippen LogP) is 3.31. The van der Waals surface area contributed by atoms with Crippen LogP contribution in [0.3, 0.4) is 0 Å². The van der Waals surface area contributed by atoms with E-state index in [-0.39, 0.29) is 12.2 Å². The topological polar surface area (TPSA) is 55.0 Å². The third-order valence-corrected chi connectivity index (χ3v) is 3.71. The second-order valence-corrected chi connectivity index (χ2v) is 5.30. The molecule has 0 aliphatic rings. The van der Waals surface area contributed by atoms with Crippen LogP contribution in [0, 0.1) is 6.92 Å². The lowest BCUT2D eigenvalue weighted by Crippen LogP contribution is -2.14. The van der Waals surface area contributed by atoms with E-state index in [4.69, 9.17) is 16.3 Å². The van der Waals surface area contributed by atoms with Gasteiger partial charge in [0.2, 0.25) is 0 Å². The lowest BCUT2D eigenvalue weighted by atomic mass is 10.1. The number of ether oxygens (including phenoxy) is 1. The first-order chi connectivity index (χ1) is 9.02. The minimum Gasteiger partial charge on any atom is -0.378 e. The Morgan fingerprint density at radius 2 is 2.21 bits per heavy atom. The van der Waals surface area contributed by atoms with Crippen molar-refractivity contribution < 1.29 is 4.74 Å². The number of hydrogen-bond acceptors (Lipinski definition) is 3. The van der Waals surface area contributed by atoms with Crippen molar-refractivity contribution in [1.82, 2.24) is 9.97 Å². The van der Waals surface area contributed by atoms with Gasteiger partial charge in [-0.25, -0.2) is 4.98 Å². The molecule has 19 heavy (non-hydrogen) atoms. The Bertz CT molecular complexity index is 670. The Hall–Kier alpha value is -1.17. The summed E-state index contributed by atoms with van der Waals surface area (Å²) in [5.74, 6) is 0.509. The maximum Gasteiger partial charge on any atom is 0.265 e. The molecule has 6 heteroatoms. The molecule has 0 spiro atoms. The van der Waals surface area contributed by atoms with Gasteiger partial charge in [0.05, 0.1) is 12.3 Å². The molecule has 0 atom stereocenters. The lowest BCUT2D eigenvalue weighted by molar-refractivity contribution is 0.180. The molecule has 1 heterocycles. The van der Waals surface area contributed by atoms with Crippen LogP contribution in [-0.2, 0) is 11.3 Å². The van der Waals surface area contributed by atoms with Crippen LogP contribution < -0.4 is 5.56 Å². The van der Waals surface area contributed by atoms with E-state index in [1.165, 1.54) is 0 Å². The van der Waals surface area contributed by atoms with E-state index in [1.54, 1.807) is 13.2 Å². The van der Waals surface area contributed by atoms with Crippen LogP contribution in [-0.4, -0.2) is 17.1 Å². The van der Waals surface area contributed by atoms with Gasteiger partial charge >= 0.3 is 0 Å². The minimum absolute atomic E-state index is 0.230. The van der Waals surface area contributed by atoms with Crippen molar-refractivity contribution >= 4 is 27.5 Å². The fourth-order valence-electron chi connectivity index (χ4n) is 1.76. The summed E-state index contributed by atoms with van der Waals surface area (Å²) >= 11 is 9.13. The van der Waals surface area contributed by atoms with Crippen LogP contribution in [0.1, 0.15) is 11.3 Å². The van der Waals surface area contributed by atoms with E-state index < -0.39 is 0 Å². The molecule has 2 aromatic rings. The van der Waals surface area contributed by atoms with Crippen LogP contribution in [0.4, 0.5) is 0 Å². The van der Waals surface area contributed by atoms with Crippen LogP contribution in [0.5, 0.6) is 0 Å². The minimum atomic E-state index is -0.230. The fourth-order valence-corrected chi connectivity index (χ4v) is 2.29. The number of benzene rings is 1. The van der Waals surface area contributed by atoms with Gasteiger partial charge in [-0.3, -0.25) is 4.79 Å². The maximum absolute atomic E-state index is 11.9. The first-order valence-corrected chi connectivity index (χ1v) is 6.74. The molecule has 0 radical (unpaired) electrons. The van der Waals surface area contributed by atoms with Crippen molar-refractivity contribution in [3.8, 4) is 11.4 Å². The Kier molecular flexibility index (Phi) is 4.39. The summed E-state index contributed by atoms with van der Waals surface area (Å²) in [4.78, 5) is 19.0. The number of aryl methyl sites for hydroxylation is 1. The van der Waals surface area contributed by atoms with Crippen LogP contribution >= 0.6 is 27.5 Å². The Morgan fingerprint density at radius 1 is 1.47 bits per heavy atom. The second kappa shape index (κ2) is 5.86. The highest BCUT2D eigenvalue weighted by Crippen LogP contribution is 2.23. The summed E-state index contributed by atoms with van der Waals surface area (Å²) in [6, 6.07) is 5.43. The van der Waals surface area contributed by atoms with Crippen molar-refractivity contribution in [3.05, 3.63) is 49.3 Å². The zero-order chi connectivity index (χ0) is 14.0.